The van der Waals surface area contributed by atoms with Gasteiger partial charge >= 0.3 is 6.03 Å². The molecule has 0 aliphatic carbocycles. The molecule has 1 aliphatic heterocycles. The highest BCUT2D eigenvalue weighted by molar-refractivity contribution is 5.99. The van der Waals surface area contributed by atoms with Gasteiger partial charge < -0.3 is 10.2 Å². The number of nitrogens with one attached hydrogen (secondary N) is 2. The van der Waals surface area contributed by atoms with Crippen LogP contribution in [0, 0.1) is 18.7 Å². The Labute approximate surface area is 253 Å². The lowest BCUT2D eigenvalue weighted by Gasteiger charge is -2.32. The second kappa shape index (κ2) is 12.8. The largest absolute Gasteiger partial charge is 0.342 e. The lowest BCUT2D eigenvalue weighted by molar-refractivity contribution is -0.131. The van der Waals surface area contributed by atoms with Crippen LogP contribution in [0.5, 0.6) is 0 Å². The van der Waals surface area contributed by atoms with E-state index in [0.717, 1.165) is 47.5 Å². The number of hydrogen-bond acceptors (Lipinski definition) is 3. The Hall–Kier alpha value is -4.46. The molecule has 0 radical (unpaired) electrons. The van der Waals surface area contributed by atoms with Crippen molar-refractivity contribution in [3.63, 3.8) is 0 Å². The number of rotatable bonds is 7. The van der Waals surface area contributed by atoms with E-state index in [1.165, 1.54) is 12.1 Å². The summed E-state index contributed by atoms with van der Waals surface area (Å²) in [5.74, 6) is 0.768. The van der Waals surface area contributed by atoms with Crippen LogP contribution < -0.4 is 10.6 Å². The van der Waals surface area contributed by atoms with Crippen molar-refractivity contribution in [2.75, 3.05) is 23.7 Å². The van der Waals surface area contributed by atoms with Gasteiger partial charge in [-0.3, -0.25) is 10.1 Å². The zero-order valence-electron chi connectivity index (χ0n) is 25.4. The van der Waals surface area contributed by atoms with E-state index in [9.17, 15) is 14.0 Å². The van der Waals surface area contributed by atoms with Crippen molar-refractivity contribution in [3.8, 4) is 5.69 Å². The number of piperidine rings is 1. The fourth-order valence-electron chi connectivity index (χ4n) is 5.43. The molecule has 2 heterocycles. The standard InChI is InChI=1S/C35H40FN5O2/c1-24-11-13-30(14-12-24)41-32(23-31(39-41)35(2,3)4)38-34(43)37-29-10-6-8-26(21-29)19-25-15-17-40(18-16-25)33(42)22-27-7-5-9-28(36)20-27/h5-14,20-21,23,25H,15-19,22H2,1-4H3,(H2,37,38,43). The monoisotopic (exact) mass is 581 g/mol. The van der Waals surface area contributed by atoms with Gasteiger partial charge in [-0.05, 0) is 79.6 Å². The van der Waals surface area contributed by atoms with Gasteiger partial charge in [-0.25, -0.2) is 13.9 Å². The summed E-state index contributed by atoms with van der Waals surface area (Å²) in [5, 5.41) is 10.8. The van der Waals surface area contributed by atoms with Crippen LogP contribution in [-0.4, -0.2) is 39.7 Å². The smallest absolute Gasteiger partial charge is 0.324 e. The van der Waals surface area contributed by atoms with E-state index in [4.69, 9.17) is 5.10 Å². The SMILES string of the molecule is Cc1ccc(-n2nc(C(C)(C)C)cc2NC(=O)Nc2cccc(CC3CCN(C(=O)Cc4cccc(F)c4)CC3)c2)cc1. The third-order valence-corrected chi connectivity index (χ3v) is 7.92. The summed E-state index contributed by atoms with van der Waals surface area (Å²) < 4.78 is 15.3. The molecule has 1 fully saturated rings. The summed E-state index contributed by atoms with van der Waals surface area (Å²) >= 11 is 0. The Morgan fingerprint density at radius 1 is 0.907 bits per heavy atom. The maximum Gasteiger partial charge on any atom is 0.324 e. The highest BCUT2D eigenvalue weighted by Gasteiger charge is 2.24. The van der Waals surface area contributed by atoms with E-state index in [1.807, 2.05) is 60.4 Å². The predicted octanol–water partition coefficient (Wildman–Crippen LogP) is 7.29. The maximum atomic E-state index is 13.5. The number of carbonyl (C=O) groups is 2. The summed E-state index contributed by atoms with van der Waals surface area (Å²) in [7, 11) is 0. The molecule has 0 unspecified atom stereocenters. The van der Waals surface area contributed by atoms with Crippen molar-refractivity contribution < 1.29 is 14.0 Å². The molecule has 3 aromatic carbocycles. The number of hydrogen-bond donors (Lipinski definition) is 2. The van der Waals surface area contributed by atoms with E-state index >= 15 is 0 Å². The molecule has 1 saturated heterocycles. The number of aryl methyl sites for hydroxylation is 1. The van der Waals surface area contributed by atoms with Gasteiger partial charge in [0.2, 0.25) is 5.91 Å². The number of urea groups is 1. The second-order valence-electron chi connectivity index (χ2n) is 12.5. The van der Waals surface area contributed by atoms with Gasteiger partial charge in [0.1, 0.15) is 11.6 Å². The Kier molecular flexibility index (Phi) is 8.94. The first kappa shape index (κ1) is 30.0. The predicted molar refractivity (Wildman–Crippen MR) is 169 cm³/mol. The normalized spacial score (nSPS) is 14.0. The summed E-state index contributed by atoms with van der Waals surface area (Å²) in [6.45, 7) is 9.72. The molecule has 0 spiro atoms. The van der Waals surface area contributed by atoms with Gasteiger partial charge in [-0.2, -0.15) is 5.10 Å². The number of halogens is 1. The number of anilines is 2. The molecule has 224 valence electrons. The highest BCUT2D eigenvalue weighted by atomic mass is 19.1. The first-order chi connectivity index (χ1) is 20.5. The number of nitrogens with zero attached hydrogens (tertiary/aromatic N) is 3. The fraction of sp³-hybridized carbons (Fsp3) is 0.343. The first-order valence-electron chi connectivity index (χ1n) is 14.9. The van der Waals surface area contributed by atoms with Crippen LogP contribution in [0.25, 0.3) is 5.69 Å². The van der Waals surface area contributed by atoms with Crippen molar-refractivity contribution in [1.29, 1.82) is 0 Å². The van der Waals surface area contributed by atoms with Gasteiger partial charge in [-0.1, -0.05) is 62.7 Å². The van der Waals surface area contributed by atoms with E-state index in [2.05, 4.69) is 37.5 Å². The molecule has 43 heavy (non-hydrogen) atoms. The summed E-state index contributed by atoms with van der Waals surface area (Å²) in [6.07, 6.45) is 2.91. The molecule has 7 nitrogen and oxygen atoms in total. The van der Waals surface area contributed by atoms with Crippen LogP contribution >= 0.6 is 0 Å². The third-order valence-electron chi connectivity index (χ3n) is 7.92. The second-order valence-corrected chi connectivity index (χ2v) is 12.5. The molecule has 0 saturated carbocycles. The van der Waals surface area contributed by atoms with Gasteiger partial charge in [0.15, 0.2) is 0 Å². The molecule has 1 aliphatic rings. The lowest BCUT2D eigenvalue weighted by Crippen LogP contribution is -2.39. The van der Waals surface area contributed by atoms with E-state index < -0.39 is 0 Å². The number of amides is 3. The molecule has 8 heteroatoms. The number of likely N-dealkylation sites (tertiary alicyclic amines) is 1. The Morgan fingerprint density at radius 2 is 1.60 bits per heavy atom. The zero-order chi connectivity index (χ0) is 30.6. The average molecular weight is 582 g/mol. The van der Waals surface area contributed by atoms with Gasteiger partial charge in [0.05, 0.1) is 17.8 Å². The zero-order valence-corrected chi connectivity index (χ0v) is 25.4. The van der Waals surface area contributed by atoms with Crippen molar-refractivity contribution >= 4 is 23.4 Å². The third kappa shape index (κ3) is 7.89. The van der Waals surface area contributed by atoms with Crippen LogP contribution in [-0.2, 0) is 23.1 Å². The lowest BCUT2D eigenvalue weighted by atomic mass is 9.90. The fourth-order valence-corrected chi connectivity index (χ4v) is 5.43. The first-order valence-corrected chi connectivity index (χ1v) is 14.9. The average Bonchev–Trinajstić information content (AvgIpc) is 3.38. The molecular weight excluding hydrogens is 541 g/mol. The Morgan fingerprint density at radius 3 is 2.30 bits per heavy atom. The van der Waals surface area contributed by atoms with Crippen LogP contribution in [0.2, 0.25) is 0 Å². The maximum absolute atomic E-state index is 13.5. The number of benzene rings is 3. The van der Waals surface area contributed by atoms with Gasteiger partial charge in [-0.15, -0.1) is 0 Å². The minimum atomic E-state index is -0.337. The van der Waals surface area contributed by atoms with E-state index in [0.29, 0.717) is 30.4 Å². The highest BCUT2D eigenvalue weighted by Crippen LogP contribution is 2.27. The van der Waals surface area contributed by atoms with Gasteiger partial charge in [0.25, 0.3) is 0 Å². The molecule has 3 amide bonds. The van der Waals surface area contributed by atoms with Crippen molar-refractivity contribution in [2.24, 2.45) is 5.92 Å². The van der Waals surface area contributed by atoms with E-state index in [-0.39, 0.29) is 29.6 Å². The number of aromatic nitrogens is 2. The van der Waals surface area contributed by atoms with Crippen LogP contribution in [0.3, 0.4) is 0 Å². The molecule has 1 aromatic heterocycles. The van der Waals surface area contributed by atoms with E-state index in [1.54, 1.807) is 16.8 Å². The quantitative estimate of drug-likeness (QED) is 0.241. The van der Waals surface area contributed by atoms with Crippen molar-refractivity contribution in [1.82, 2.24) is 14.7 Å². The van der Waals surface area contributed by atoms with Crippen LogP contribution in [0.1, 0.15) is 56.0 Å². The Bertz CT molecular complexity index is 1580. The number of carbonyl (C=O) groups excluding carboxylic acids is 2. The van der Waals surface area contributed by atoms with Crippen LogP contribution in [0.15, 0.2) is 78.9 Å². The summed E-state index contributed by atoms with van der Waals surface area (Å²) in [4.78, 5) is 27.7. The van der Waals surface area contributed by atoms with Crippen molar-refractivity contribution in [3.05, 3.63) is 107 Å². The summed E-state index contributed by atoms with van der Waals surface area (Å²) in [5.41, 5.74) is 5.29. The minimum absolute atomic E-state index is 0.0413. The molecule has 0 atom stereocenters. The van der Waals surface area contributed by atoms with Crippen molar-refractivity contribution in [2.45, 2.75) is 58.8 Å². The summed E-state index contributed by atoms with van der Waals surface area (Å²) in [6, 6.07) is 23.8. The van der Waals surface area contributed by atoms with Crippen LogP contribution in [0.4, 0.5) is 20.7 Å². The van der Waals surface area contributed by atoms with Gasteiger partial charge in [0, 0.05) is 30.3 Å². The topological polar surface area (TPSA) is 79.3 Å². The molecular formula is C35H40FN5O2. The molecule has 2 N–H and O–H groups in total. The molecule has 5 rings (SSSR count). The molecule has 4 aromatic rings. The Balaban J connectivity index is 1.17. The minimum Gasteiger partial charge on any atom is -0.342 e. The molecule has 0 bridgehead atoms.